The third-order valence-electron chi connectivity index (χ3n) is 3.50. The van der Waals surface area contributed by atoms with Crippen LogP contribution in [-0.2, 0) is 10.1 Å². The van der Waals surface area contributed by atoms with Crippen LogP contribution in [0, 0.1) is 6.92 Å². The predicted molar refractivity (Wildman–Crippen MR) is 95.7 cm³/mol. The highest BCUT2D eigenvalue weighted by Crippen LogP contribution is 2.35. The number of ether oxygens (including phenoxy) is 1. The van der Waals surface area contributed by atoms with Crippen LogP contribution in [-0.4, -0.2) is 30.7 Å². The van der Waals surface area contributed by atoms with E-state index in [0.717, 1.165) is 0 Å². The summed E-state index contributed by atoms with van der Waals surface area (Å²) in [7, 11) is -4.54. The molecule has 2 rings (SSSR count). The van der Waals surface area contributed by atoms with Crippen LogP contribution in [0.3, 0.4) is 0 Å². The number of Topliss-reactive ketones (excluding diaryl/α,β-unsaturated/α-hetero) is 1. The Balaban J connectivity index is 2.76. The lowest BCUT2D eigenvalue weighted by atomic mass is 9.96. The lowest BCUT2D eigenvalue weighted by Gasteiger charge is -2.15. The average molecular weight is 413 g/mol. The number of alkyl halides is 1. The van der Waals surface area contributed by atoms with Gasteiger partial charge < -0.3 is 4.74 Å². The Morgan fingerprint density at radius 2 is 1.88 bits per heavy atom. The Morgan fingerprint density at radius 3 is 2.46 bits per heavy atom. The van der Waals surface area contributed by atoms with Crippen molar-refractivity contribution in [3.63, 3.8) is 0 Å². The Morgan fingerprint density at radius 1 is 1.21 bits per heavy atom. The number of carbonyl (C=O) groups is 1. The highest BCUT2D eigenvalue weighted by atomic mass is 79.9. The van der Waals surface area contributed by atoms with E-state index in [0.29, 0.717) is 29.0 Å². The number of carbonyl (C=O) groups excluding carboxylic acids is 1. The number of hydrogen-bond donors (Lipinski definition) is 1. The maximum Gasteiger partial charge on any atom is 0.295 e. The van der Waals surface area contributed by atoms with Crippen molar-refractivity contribution in [2.75, 3.05) is 11.9 Å². The molecule has 1 N–H and O–H groups in total. The molecular formula is C17H17BrO5S. The van der Waals surface area contributed by atoms with Crippen LogP contribution in [0.5, 0.6) is 5.75 Å². The molecule has 24 heavy (non-hydrogen) atoms. The standard InChI is InChI=1S/C17H17BrO5S/c1-3-23-16-7-5-4-6-12(16)13-9-17(24(20,21)22)14(8-11(13)2)15(19)10-18/h4-9H,3,10H2,1-2H3,(H,20,21,22). The van der Waals surface area contributed by atoms with Crippen molar-refractivity contribution in [1.82, 2.24) is 0 Å². The van der Waals surface area contributed by atoms with Crippen LogP contribution in [0.2, 0.25) is 0 Å². The molecule has 128 valence electrons. The van der Waals surface area contributed by atoms with Crippen molar-refractivity contribution in [3.05, 3.63) is 47.5 Å². The van der Waals surface area contributed by atoms with E-state index in [9.17, 15) is 17.8 Å². The van der Waals surface area contributed by atoms with Crippen LogP contribution in [0.15, 0.2) is 41.3 Å². The van der Waals surface area contributed by atoms with Gasteiger partial charge in [-0.25, -0.2) is 0 Å². The fourth-order valence-electron chi connectivity index (χ4n) is 2.45. The first-order valence-corrected chi connectivity index (χ1v) is 9.79. The van der Waals surface area contributed by atoms with Crippen LogP contribution in [0.25, 0.3) is 11.1 Å². The topological polar surface area (TPSA) is 80.7 Å². The fourth-order valence-corrected chi connectivity index (χ4v) is 3.47. The van der Waals surface area contributed by atoms with Gasteiger partial charge in [0.25, 0.3) is 10.1 Å². The van der Waals surface area contributed by atoms with E-state index in [2.05, 4.69) is 15.9 Å². The van der Waals surface area contributed by atoms with E-state index in [-0.39, 0.29) is 10.9 Å². The first-order valence-electron chi connectivity index (χ1n) is 7.23. The predicted octanol–water partition coefficient (Wildman–Crippen LogP) is 3.89. The van der Waals surface area contributed by atoms with Gasteiger partial charge in [0.2, 0.25) is 0 Å². The van der Waals surface area contributed by atoms with Gasteiger partial charge >= 0.3 is 0 Å². The molecule has 0 aromatic heterocycles. The van der Waals surface area contributed by atoms with Gasteiger partial charge in [0.15, 0.2) is 5.78 Å². The van der Waals surface area contributed by atoms with E-state index in [1.165, 1.54) is 12.1 Å². The second-order valence-corrected chi connectivity index (χ2v) is 7.08. The summed E-state index contributed by atoms with van der Waals surface area (Å²) in [6.07, 6.45) is 0. The molecule has 0 atom stereocenters. The zero-order chi connectivity index (χ0) is 17.9. The number of ketones is 1. The molecule has 0 spiro atoms. The second kappa shape index (κ2) is 7.46. The molecule has 0 fully saturated rings. The van der Waals surface area contributed by atoms with Gasteiger partial charge in [-0.15, -0.1) is 0 Å². The summed E-state index contributed by atoms with van der Waals surface area (Å²) in [6, 6.07) is 10.00. The molecule has 7 heteroatoms. The summed E-state index contributed by atoms with van der Waals surface area (Å²) in [5.74, 6) is 0.180. The number of hydrogen-bond acceptors (Lipinski definition) is 4. The minimum absolute atomic E-state index is 0.0375. The molecule has 0 saturated heterocycles. The van der Waals surface area contributed by atoms with E-state index >= 15 is 0 Å². The summed E-state index contributed by atoms with van der Waals surface area (Å²) >= 11 is 3.03. The van der Waals surface area contributed by atoms with Crippen LogP contribution < -0.4 is 4.74 Å². The maximum atomic E-state index is 12.0. The minimum atomic E-state index is -4.54. The van der Waals surface area contributed by atoms with Gasteiger partial charge in [0, 0.05) is 11.1 Å². The van der Waals surface area contributed by atoms with Crippen molar-refractivity contribution in [2.45, 2.75) is 18.7 Å². The van der Waals surface area contributed by atoms with E-state index < -0.39 is 20.8 Å². The Labute approximate surface area is 149 Å². The zero-order valence-electron chi connectivity index (χ0n) is 13.2. The van der Waals surface area contributed by atoms with Gasteiger partial charge in [-0.05, 0) is 43.2 Å². The third-order valence-corrected chi connectivity index (χ3v) is 4.91. The molecule has 5 nitrogen and oxygen atoms in total. The molecule has 0 heterocycles. The average Bonchev–Trinajstić information content (AvgIpc) is 2.54. The summed E-state index contributed by atoms with van der Waals surface area (Å²) in [6.45, 7) is 4.09. The van der Waals surface area contributed by atoms with Crippen molar-refractivity contribution >= 4 is 31.8 Å². The van der Waals surface area contributed by atoms with Gasteiger partial charge in [-0.2, -0.15) is 8.42 Å². The summed E-state index contributed by atoms with van der Waals surface area (Å²) < 4.78 is 38.6. The molecule has 0 aliphatic carbocycles. The number of aryl methyl sites for hydroxylation is 1. The van der Waals surface area contributed by atoms with Crippen LogP contribution >= 0.6 is 15.9 Å². The zero-order valence-corrected chi connectivity index (χ0v) is 15.6. The lowest BCUT2D eigenvalue weighted by Crippen LogP contribution is -2.11. The molecule has 0 aliphatic rings. The lowest BCUT2D eigenvalue weighted by molar-refractivity contribution is 0.102. The number of benzene rings is 2. The first-order chi connectivity index (χ1) is 11.3. The summed E-state index contributed by atoms with van der Waals surface area (Å²) in [5.41, 5.74) is 1.95. The van der Waals surface area contributed by atoms with Gasteiger partial charge in [0.05, 0.1) is 11.9 Å². The number of rotatable bonds is 6. The normalized spacial score (nSPS) is 11.3. The summed E-state index contributed by atoms with van der Waals surface area (Å²) in [5, 5.41) is -0.0379. The molecule has 2 aromatic carbocycles. The highest BCUT2D eigenvalue weighted by molar-refractivity contribution is 9.09. The van der Waals surface area contributed by atoms with Crippen molar-refractivity contribution in [3.8, 4) is 16.9 Å². The van der Waals surface area contributed by atoms with Crippen LogP contribution in [0.1, 0.15) is 22.8 Å². The van der Waals surface area contributed by atoms with Crippen LogP contribution in [0.4, 0.5) is 0 Å². The minimum Gasteiger partial charge on any atom is -0.493 e. The number of halogens is 1. The Kier molecular flexibility index (Phi) is 5.79. The van der Waals surface area contributed by atoms with Gasteiger partial charge in [-0.1, -0.05) is 34.1 Å². The molecule has 0 amide bonds. The molecule has 0 bridgehead atoms. The molecule has 2 aromatic rings. The first kappa shape index (κ1) is 18.6. The van der Waals surface area contributed by atoms with E-state index in [1.54, 1.807) is 19.1 Å². The Hall–Kier alpha value is -1.70. The molecule has 0 aliphatic heterocycles. The maximum absolute atomic E-state index is 12.0. The number of para-hydroxylation sites is 1. The third kappa shape index (κ3) is 3.85. The Bertz CT molecular complexity index is 875. The summed E-state index contributed by atoms with van der Waals surface area (Å²) in [4.78, 5) is 11.6. The van der Waals surface area contributed by atoms with E-state index in [4.69, 9.17) is 4.74 Å². The second-order valence-electron chi connectivity index (χ2n) is 5.12. The smallest absolute Gasteiger partial charge is 0.295 e. The molecule has 0 radical (unpaired) electrons. The fraction of sp³-hybridized carbons (Fsp3) is 0.235. The molecule has 0 saturated carbocycles. The SMILES string of the molecule is CCOc1ccccc1-c1cc(S(=O)(=O)O)c(C(=O)CBr)cc1C. The monoisotopic (exact) mass is 412 g/mol. The van der Waals surface area contributed by atoms with Crippen molar-refractivity contribution in [2.24, 2.45) is 0 Å². The highest BCUT2D eigenvalue weighted by Gasteiger charge is 2.23. The van der Waals surface area contributed by atoms with Crippen molar-refractivity contribution in [1.29, 1.82) is 0 Å². The van der Waals surface area contributed by atoms with Crippen molar-refractivity contribution < 1.29 is 22.5 Å². The van der Waals surface area contributed by atoms with Gasteiger partial charge in [-0.3, -0.25) is 9.35 Å². The van der Waals surface area contributed by atoms with Gasteiger partial charge in [0.1, 0.15) is 10.6 Å². The molecule has 0 unspecified atom stereocenters. The quantitative estimate of drug-likeness (QED) is 0.442. The molecular weight excluding hydrogens is 396 g/mol. The van der Waals surface area contributed by atoms with E-state index in [1.807, 2.05) is 19.1 Å². The largest absolute Gasteiger partial charge is 0.493 e.